The van der Waals surface area contributed by atoms with E-state index in [0.29, 0.717) is 6.42 Å². The highest BCUT2D eigenvalue weighted by Gasteiger charge is 2.44. The number of hydrogen-bond acceptors (Lipinski definition) is 8. The molecule has 1 rings (SSSR count). The first kappa shape index (κ1) is 33.2. The molecule has 0 aromatic carbocycles. The van der Waals surface area contributed by atoms with Crippen LogP contribution in [-0.4, -0.2) is 76.1 Å². The van der Waals surface area contributed by atoms with Crippen LogP contribution < -0.4 is 16.8 Å². The molecule has 5 unspecified atom stereocenters. The third-order valence-corrected chi connectivity index (χ3v) is 6.32. The van der Waals surface area contributed by atoms with Crippen molar-refractivity contribution in [2.45, 2.75) is 121 Å². The fourth-order valence-corrected chi connectivity index (χ4v) is 4.31. The highest BCUT2D eigenvalue weighted by molar-refractivity contribution is 5.85. The van der Waals surface area contributed by atoms with Crippen molar-refractivity contribution in [1.82, 2.24) is 5.32 Å². The largest absolute Gasteiger partial charge is 0.478 e. The summed E-state index contributed by atoms with van der Waals surface area (Å²) in [5.41, 5.74) is 10.9. The highest BCUT2D eigenvalue weighted by atomic mass is 16.6. The van der Waals surface area contributed by atoms with Gasteiger partial charge in [0.25, 0.3) is 0 Å². The number of esters is 1. The minimum absolute atomic E-state index is 0.187. The van der Waals surface area contributed by atoms with Gasteiger partial charge >= 0.3 is 11.9 Å². The molecule has 8 N–H and O–H groups in total. The first-order valence-electron chi connectivity index (χ1n) is 13.6. The summed E-state index contributed by atoms with van der Waals surface area (Å²) in [6.07, 6.45) is 9.13. The second kappa shape index (κ2) is 18.4. The fraction of sp³-hybridized carbons (Fsp3) is 0.769. The van der Waals surface area contributed by atoms with Crippen molar-refractivity contribution in [3.05, 3.63) is 11.8 Å². The number of rotatable bonds is 19. The average molecular weight is 543 g/mol. The molecule has 0 saturated carbocycles. The number of carbonyl (C=O) groups excluding carboxylic acids is 2. The summed E-state index contributed by atoms with van der Waals surface area (Å²) < 4.78 is 10.5. The zero-order chi connectivity index (χ0) is 28.5. The molecule has 1 amide bonds. The van der Waals surface area contributed by atoms with Gasteiger partial charge in [-0.3, -0.25) is 9.59 Å². The van der Waals surface area contributed by atoms with Gasteiger partial charge < -0.3 is 41.6 Å². The van der Waals surface area contributed by atoms with Crippen LogP contribution in [0.5, 0.6) is 0 Å². The van der Waals surface area contributed by atoms with Gasteiger partial charge in [0.1, 0.15) is 24.9 Å². The van der Waals surface area contributed by atoms with Crippen molar-refractivity contribution in [3.8, 4) is 0 Å². The number of aliphatic imine (C=N–C) groups is 1. The van der Waals surface area contributed by atoms with Gasteiger partial charge in [-0.25, -0.2) is 9.79 Å². The van der Waals surface area contributed by atoms with Crippen LogP contribution in [0.25, 0.3) is 0 Å². The molecule has 0 aromatic heterocycles. The third kappa shape index (κ3) is 13.1. The van der Waals surface area contributed by atoms with E-state index in [1.54, 1.807) is 0 Å². The van der Waals surface area contributed by atoms with E-state index < -0.39 is 60.6 Å². The molecule has 0 radical (unpaired) electrons. The number of carbonyl (C=O) groups is 3. The quantitative estimate of drug-likeness (QED) is 0.0599. The van der Waals surface area contributed by atoms with E-state index >= 15 is 0 Å². The minimum atomic E-state index is -1.73. The van der Waals surface area contributed by atoms with Gasteiger partial charge in [0.05, 0.1) is 12.1 Å². The van der Waals surface area contributed by atoms with Crippen LogP contribution in [0.15, 0.2) is 16.8 Å². The molecule has 0 aromatic rings. The summed E-state index contributed by atoms with van der Waals surface area (Å²) >= 11 is 0. The molecule has 0 bridgehead atoms. The molecule has 1 aliphatic rings. The number of nitrogens with zero attached hydrogens (tertiary/aromatic N) is 1. The van der Waals surface area contributed by atoms with E-state index in [2.05, 4.69) is 17.2 Å². The topological polar surface area (TPSA) is 207 Å². The lowest BCUT2D eigenvalue weighted by atomic mass is 9.92. The van der Waals surface area contributed by atoms with Crippen LogP contribution in [0.3, 0.4) is 0 Å². The molecule has 5 atom stereocenters. The Morgan fingerprint density at radius 3 is 2.08 bits per heavy atom. The van der Waals surface area contributed by atoms with Gasteiger partial charge in [0.15, 0.2) is 5.96 Å². The number of amides is 1. The average Bonchev–Trinajstić information content (AvgIpc) is 2.85. The number of nitrogens with one attached hydrogen (secondary N) is 1. The maximum absolute atomic E-state index is 12.1. The first-order valence-corrected chi connectivity index (χ1v) is 13.6. The molecule has 218 valence electrons. The number of unbranched alkanes of at least 4 members (excludes halogenated alkanes) is 10. The van der Waals surface area contributed by atoms with Gasteiger partial charge in [-0.1, -0.05) is 71.1 Å². The molecular formula is C26H46N4O8. The lowest BCUT2D eigenvalue weighted by Gasteiger charge is -2.38. The molecule has 1 aliphatic heterocycles. The Labute approximate surface area is 224 Å². The molecule has 0 aliphatic carbocycles. The second-order valence-corrected chi connectivity index (χ2v) is 9.72. The number of aliphatic carboxylic acids is 1. The number of carboxylic acid groups (broad SMARTS) is 1. The van der Waals surface area contributed by atoms with Crippen LogP contribution in [0.4, 0.5) is 0 Å². The Bertz CT molecular complexity index is 800. The minimum Gasteiger partial charge on any atom is -0.478 e. The number of nitrogens with two attached hydrogens (primary N) is 2. The predicted octanol–water partition coefficient (Wildman–Crippen LogP) is 1.47. The van der Waals surface area contributed by atoms with Gasteiger partial charge in [-0.05, 0) is 12.5 Å². The van der Waals surface area contributed by atoms with E-state index in [-0.39, 0.29) is 12.4 Å². The van der Waals surface area contributed by atoms with E-state index in [1.807, 2.05) is 0 Å². The summed E-state index contributed by atoms with van der Waals surface area (Å²) in [5, 5.41) is 33.1. The zero-order valence-corrected chi connectivity index (χ0v) is 22.6. The maximum Gasteiger partial charge on any atom is 0.370 e. The van der Waals surface area contributed by atoms with Gasteiger partial charge in [-0.2, -0.15) is 0 Å². The molecule has 0 spiro atoms. The van der Waals surface area contributed by atoms with Crippen LogP contribution in [-0.2, 0) is 23.9 Å². The number of aliphatic hydroxyl groups is 2. The smallest absolute Gasteiger partial charge is 0.370 e. The van der Waals surface area contributed by atoms with Crippen LogP contribution >= 0.6 is 0 Å². The summed E-state index contributed by atoms with van der Waals surface area (Å²) in [5.74, 6) is -3.43. The van der Waals surface area contributed by atoms with Crippen molar-refractivity contribution in [2.75, 3.05) is 6.61 Å². The van der Waals surface area contributed by atoms with Crippen molar-refractivity contribution < 1.29 is 39.2 Å². The van der Waals surface area contributed by atoms with E-state index in [1.165, 1.54) is 51.9 Å². The van der Waals surface area contributed by atoms with E-state index in [9.17, 15) is 29.7 Å². The highest BCUT2D eigenvalue weighted by Crippen LogP contribution is 2.25. The fourth-order valence-electron chi connectivity index (χ4n) is 4.31. The standard InChI is InChI=1S/C26H46N4O8/c1-3-4-5-6-7-8-9-10-11-12-13-14-21(33)37-16-19(32)23(34)24-22(29-17(2)31)18(30-26(27)28)15-20(38-24)25(35)36/h15,18-19,22-24,32,34H,3-14,16H2,1-2H3,(H,29,31)(H,35,36)(H4,27,28,30). The molecule has 1 heterocycles. The number of hydrogen-bond donors (Lipinski definition) is 6. The number of aliphatic hydroxyl groups excluding tert-OH is 2. The van der Waals surface area contributed by atoms with Crippen molar-refractivity contribution in [3.63, 3.8) is 0 Å². The Morgan fingerprint density at radius 2 is 1.58 bits per heavy atom. The summed E-state index contributed by atoms with van der Waals surface area (Å²) in [6.45, 7) is 2.88. The number of ether oxygens (including phenoxy) is 2. The van der Waals surface area contributed by atoms with Crippen molar-refractivity contribution in [1.29, 1.82) is 0 Å². The predicted molar refractivity (Wildman–Crippen MR) is 142 cm³/mol. The Hall–Kier alpha value is -2.86. The summed E-state index contributed by atoms with van der Waals surface area (Å²) in [6, 6.07) is -2.19. The van der Waals surface area contributed by atoms with Crippen molar-refractivity contribution >= 4 is 23.8 Å². The Balaban J connectivity index is 2.50. The van der Waals surface area contributed by atoms with Crippen molar-refractivity contribution in [2.24, 2.45) is 16.5 Å². The van der Waals surface area contributed by atoms with Crippen LogP contribution in [0.2, 0.25) is 0 Å². The van der Waals surface area contributed by atoms with Crippen LogP contribution in [0, 0.1) is 0 Å². The lowest BCUT2D eigenvalue weighted by Crippen LogP contribution is -2.60. The second-order valence-electron chi connectivity index (χ2n) is 9.72. The maximum atomic E-state index is 12.1. The van der Waals surface area contributed by atoms with Gasteiger partial charge in [0.2, 0.25) is 11.7 Å². The van der Waals surface area contributed by atoms with Gasteiger partial charge in [-0.15, -0.1) is 0 Å². The summed E-state index contributed by atoms with van der Waals surface area (Å²) in [4.78, 5) is 39.2. The first-order chi connectivity index (χ1) is 18.1. The lowest BCUT2D eigenvalue weighted by molar-refractivity contribution is -0.156. The third-order valence-electron chi connectivity index (χ3n) is 6.32. The number of guanidine groups is 1. The number of carboxylic acids is 1. The molecular weight excluding hydrogens is 496 g/mol. The molecule has 12 heteroatoms. The van der Waals surface area contributed by atoms with Crippen LogP contribution in [0.1, 0.15) is 90.9 Å². The Kier molecular flexibility index (Phi) is 16.1. The summed E-state index contributed by atoms with van der Waals surface area (Å²) in [7, 11) is 0. The monoisotopic (exact) mass is 542 g/mol. The Morgan fingerprint density at radius 1 is 1.03 bits per heavy atom. The van der Waals surface area contributed by atoms with Gasteiger partial charge in [0, 0.05) is 13.3 Å². The zero-order valence-electron chi connectivity index (χ0n) is 22.6. The molecule has 38 heavy (non-hydrogen) atoms. The van der Waals surface area contributed by atoms with E-state index in [0.717, 1.165) is 25.3 Å². The van der Waals surface area contributed by atoms with E-state index in [4.69, 9.17) is 20.9 Å². The normalized spacial score (nSPS) is 20.4. The molecule has 0 saturated heterocycles. The molecule has 12 nitrogen and oxygen atoms in total. The SMILES string of the molecule is CCCCCCCCCCCCCC(=O)OCC(O)C(O)C1OC(C(=O)O)=CC(N=C(N)N)C1NC(C)=O. The molecule has 0 fully saturated rings.